The Morgan fingerprint density at radius 3 is 0.838 bits per heavy atom. The SMILES string of the molecule is CC/C=C\C/C=C\C/C=C\C/C=C\CCCCCCCCCCCCCCCCCCCCCCCCC(=O)OCC(COC(=O)CC/C=C\C/C=C\C/C=C\C/C=C\CC)OC(=O)CCCCCCCCCCCCCCCC. The molecule has 0 radical (unpaired) electrons. The van der Waals surface area contributed by atoms with Crippen molar-refractivity contribution in [2.24, 2.45) is 0 Å². The molecular formula is C74H128O6. The zero-order valence-electron chi connectivity index (χ0n) is 52.8. The largest absolute Gasteiger partial charge is 0.462 e. The molecule has 0 aliphatic carbocycles. The Hall–Kier alpha value is -3.67. The molecule has 0 N–H and O–H groups in total. The van der Waals surface area contributed by atoms with Gasteiger partial charge < -0.3 is 14.2 Å². The van der Waals surface area contributed by atoms with Gasteiger partial charge in [0.25, 0.3) is 0 Å². The van der Waals surface area contributed by atoms with Gasteiger partial charge in [0.15, 0.2) is 6.10 Å². The quantitative estimate of drug-likeness (QED) is 0.0261. The van der Waals surface area contributed by atoms with Crippen LogP contribution in [0.4, 0.5) is 0 Å². The van der Waals surface area contributed by atoms with Crippen LogP contribution in [0.2, 0.25) is 0 Å². The molecule has 6 nitrogen and oxygen atoms in total. The van der Waals surface area contributed by atoms with Crippen LogP contribution in [0.25, 0.3) is 0 Å². The average Bonchev–Trinajstić information content (AvgIpc) is 3.46. The number of rotatable bonds is 62. The minimum Gasteiger partial charge on any atom is -0.462 e. The molecule has 0 saturated carbocycles. The van der Waals surface area contributed by atoms with Gasteiger partial charge in [-0.1, -0.05) is 330 Å². The standard InChI is InChI=1S/C74H128O6/c1-4-7-10-13-16-19-22-25-27-28-29-30-31-32-33-34-35-36-37-38-39-40-41-42-43-44-45-46-47-50-52-55-58-61-64-67-73(76)79-70-71(69-78-72(75)66-63-60-57-54-51-48-24-21-18-15-12-9-6-3)80-74(77)68-65-62-59-56-53-49-26-23-20-17-14-11-8-5-2/h7,9-10,12,16,18-19,21,25,27,29-30,48,51,57,60,71H,4-6,8,11,13-15,17,20,22-24,26,28,31-47,49-50,52-56,58-59,61-70H2,1-3H3/b10-7-,12-9-,19-16-,21-18-,27-25-,30-29-,51-48-,60-57-. The highest BCUT2D eigenvalue weighted by molar-refractivity contribution is 5.71. The molecule has 460 valence electrons. The Morgan fingerprint density at radius 2 is 0.512 bits per heavy atom. The first kappa shape index (κ1) is 76.3. The molecule has 0 heterocycles. The Kier molecular flexibility index (Phi) is 64.7. The Labute approximate surface area is 496 Å². The lowest BCUT2D eigenvalue weighted by Gasteiger charge is -2.18. The minimum atomic E-state index is -0.802. The molecule has 6 heteroatoms. The predicted molar refractivity (Wildman–Crippen MR) is 348 cm³/mol. The van der Waals surface area contributed by atoms with E-state index in [4.69, 9.17) is 14.2 Å². The van der Waals surface area contributed by atoms with E-state index in [0.29, 0.717) is 19.3 Å². The van der Waals surface area contributed by atoms with Gasteiger partial charge in [-0.05, 0) is 83.5 Å². The summed E-state index contributed by atoms with van der Waals surface area (Å²) in [5.74, 6) is -0.963. The molecule has 0 aromatic carbocycles. The van der Waals surface area contributed by atoms with Crippen LogP contribution >= 0.6 is 0 Å². The second-order valence-corrected chi connectivity index (χ2v) is 22.7. The lowest BCUT2D eigenvalue weighted by Crippen LogP contribution is -2.30. The number of unbranched alkanes of at least 4 members (excludes halogenated alkanes) is 35. The third-order valence-corrected chi connectivity index (χ3v) is 14.8. The van der Waals surface area contributed by atoms with Gasteiger partial charge in [-0.25, -0.2) is 0 Å². The predicted octanol–water partition coefficient (Wildman–Crippen LogP) is 23.6. The molecule has 0 bridgehead atoms. The molecule has 0 amide bonds. The molecule has 0 aromatic heterocycles. The van der Waals surface area contributed by atoms with Gasteiger partial charge in [-0.2, -0.15) is 0 Å². The molecule has 80 heavy (non-hydrogen) atoms. The number of esters is 3. The summed E-state index contributed by atoms with van der Waals surface area (Å²) < 4.78 is 16.8. The van der Waals surface area contributed by atoms with Crippen molar-refractivity contribution in [2.75, 3.05) is 13.2 Å². The van der Waals surface area contributed by atoms with Crippen LogP contribution < -0.4 is 0 Å². The number of carbonyl (C=O) groups is 3. The van der Waals surface area contributed by atoms with Crippen LogP contribution in [0.15, 0.2) is 97.2 Å². The zero-order valence-corrected chi connectivity index (χ0v) is 52.8. The molecule has 0 fully saturated rings. The molecule has 1 unspecified atom stereocenters. The average molecular weight is 1110 g/mol. The van der Waals surface area contributed by atoms with Gasteiger partial charge in [-0.3, -0.25) is 14.4 Å². The van der Waals surface area contributed by atoms with Crippen LogP contribution in [-0.2, 0) is 28.6 Å². The van der Waals surface area contributed by atoms with Crippen LogP contribution in [0.1, 0.15) is 335 Å². The summed E-state index contributed by atoms with van der Waals surface area (Å²) >= 11 is 0. The van der Waals surface area contributed by atoms with E-state index in [1.165, 1.54) is 199 Å². The Bertz CT molecular complexity index is 1560. The maximum atomic E-state index is 12.9. The van der Waals surface area contributed by atoms with E-state index in [1.807, 2.05) is 6.08 Å². The van der Waals surface area contributed by atoms with Crippen molar-refractivity contribution < 1.29 is 28.6 Å². The van der Waals surface area contributed by atoms with E-state index >= 15 is 0 Å². The second kappa shape index (κ2) is 67.8. The normalized spacial score (nSPS) is 12.7. The molecule has 0 rings (SSSR count). The molecule has 0 saturated heterocycles. The van der Waals surface area contributed by atoms with Gasteiger partial charge in [0.1, 0.15) is 13.2 Å². The summed E-state index contributed by atoms with van der Waals surface area (Å²) in [5, 5.41) is 0. The molecule has 0 aliphatic heterocycles. The maximum Gasteiger partial charge on any atom is 0.306 e. The van der Waals surface area contributed by atoms with Crippen molar-refractivity contribution in [2.45, 2.75) is 341 Å². The highest BCUT2D eigenvalue weighted by Gasteiger charge is 2.19. The highest BCUT2D eigenvalue weighted by Crippen LogP contribution is 2.18. The molecule has 0 aromatic rings. The third kappa shape index (κ3) is 65.1. The number of hydrogen-bond acceptors (Lipinski definition) is 6. The van der Waals surface area contributed by atoms with Gasteiger partial charge in [0.05, 0.1) is 0 Å². The van der Waals surface area contributed by atoms with E-state index in [9.17, 15) is 14.4 Å². The fraction of sp³-hybridized carbons (Fsp3) is 0.743. The van der Waals surface area contributed by atoms with Gasteiger partial charge in [-0.15, -0.1) is 0 Å². The monoisotopic (exact) mass is 1110 g/mol. The van der Waals surface area contributed by atoms with Crippen molar-refractivity contribution >= 4 is 17.9 Å². The van der Waals surface area contributed by atoms with Crippen LogP contribution in [0.5, 0.6) is 0 Å². The van der Waals surface area contributed by atoms with Crippen molar-refractivity contribution in [3.8, 4) is 0 Å². The smallest absolute Gasteiger partial charge is 0.306 e. The Balaban J connectivity index is 4.10. The van der Waals surface area contributed by atoms with E-state index in [2.05, 4.69) is 112 Å². The number of hydrogen-bond donors (Lipinski definition) is 0. The lowest BCUT2D eigenvalue weighted by atomic mass is 10.0. The Morgan fingerprint density at radius 1 is 0.263 bits per heavy atom. The first-order valence-electron chi connectivity index (χ1n) is 34.2. The molecule has 1 atom stereocenters. The second-order valence-electron chi connectivity index (χ2n) is 22.7. The molecular weight excluding hydrogens is 985 g/mol. The topological polar surface area (TPSA) is 78.9 Å². The summed E-state index contributed by atoms with van der Waals surface area (Å²) in [5.41, 5.74) is 0. The summed E-state index contributed by atoms with van der Waals surface area (Å²) in [4.78, 5) is 38.2. The van der Waals surface area contributed by atoms with Gasteiger partial charge >= 0.3 is 17.9 Å². The fourth-order valence-electron chi connectivity index (χ4n) is 9.80. The van der Waals surface area contributed by atoms with E-state index in [1.54, 1.807) is 0 Å². The maximum absolute atomic E-state index is 12.9. The molecule has 0 aliphatic rings. The summed E-state index contributed by atoms with van der Waals surface area (Å²) in [6, 6.07) is 0. The van der Waals surface area contributed by atoms with Gasteiger partial charge in [0.2, 0.25) is 0 Å². The minimum absolute atomic E-state index is 0.0939. The number of carbonyl (C=O) groups excluding carboxylic acids is 3. The van der Waals surface area contributed by atoms with Crippen LogP contribution in [0.3, 0.4) is 0 Å². The van der Waals surface area contributed by atoms with Crippen molar-refractivity contribution in [1.29, 1.82) is 0 Å². The summed E-state index contributed by atoms with van der Waals surface area (Å²) in [6.07, 6.45) is 91.8. The highest BCUT2D eigenvalue weighted by atomic mass is 16.6. The van der Waals surface area contributed by atoms with Crippen molar-refractivity contribution in [3.05, 3.63) is 97.2 Å². The lowest BCUT2D eigenvalue weighted by molar-refractivity contribution is -0.166. The zero-order chi connectivity index (χ0) is 57.8. The van der Waals surface area contributed by atoms with E-state index in [-0.39, 0.29) is 37.5 Å². The van der Waals surface area contributed by atoms with E-state index < -0.39 is 6.10 Å². The van der Waals surface area contributed by atoms with Crippen molar-refractivity contribution in [3.63, 3.8) is 0 Å². The summed E-state index contributed by atoms with van der Waals surface area (Å²) in [7, 11) is 0. The third-order valence-electron chi connectivity index (χ3n) is 14.8. The van der Waals surface area contributed by atoms with Crippen molar-refractivity contribution in [1.82, 2.24) is 0 Å². The van der Waals surface area contributed by atoms with Crippen LogP contribution in [0, 0.1) is 0 Å². The number of ether oxygens (including phenoxy) is 3. The molecule has 0 spiro atoms. The fourth-order valence-corrected chi connectivity index (χ4v) is 9.80. The first-order valence-corrected chi connectivity index (χ1v) is 34.2. The van der Waals surface area contributed by atoms with Crippen LogP contribution in [-0.4, -0.2) is 37.2 Å². The first-order chi connectivity index (χ1) is 39.5. The van der Waals surface area contributed by atoms with E-state index in [0.717, 1.165) is 89.9 Å². The summed E-state index contributed by atoms with van der Waals surface area (Å²) in [6.45, 7) is 6.38. The number of allylic oxidation sites excluding steroid dienone is 16. The van der Waals surface area contributed by atoms with Gasteiger partial charge in [0, 0.05) is 19.3 Å².